The molecule has 1 heterocycles. The number of hydrogen-bond acceptors (Lipinski definition) is 4. The van der Waals surface area contributed by atoms with E-state index in [2.05, 4.69) is 5.32 Å². The van der Waals surface area contributed by atoms with Crippen molar-refractivity contribution in [1.29, 1.82) is 0 Å². The van der Waals surface area contributed by atoms with E-state index in [1.54, 1.807) is 25.3 Å². The second-order valence-corrected chi connectivity index (χ2v) is 6.05. The van der Waals surface area contributed by atoms with Gasteiger partial charge in [0.2, 0.25) is 0 Å². The molecular weight excluding hydrogens is 330 g/mol. The van der Waals surface area contributed by atoms with E-state index in [0.717, 1.165) is 22.3 Å². The Morgan fingerprint density at radius 3 is 2.73 bits per heavy atom. The minimum Gasteiger partial charge on any atom is -0.496 e. The summed E-state index contributed by atoms with van der Waals surface area (Å²) in [6, 6.07) is 14.8. The number of benzene rings is 2. The monoisotopic (exact) mass is 353 g/mol. The zero-order valence-corrected chi connectivity index (χ0v) is 15.2. The zero-order chi connectivity index (χ0) is 18.5. The number of ether oxygens (including phenoxy) is 2. The SMILES string of the molecule is CCOCc1cc(C(=O)N[C@@H](C)c2cc3ccccc3o2)ccc1OC. The average molecular weight is 353 g/mol. The highest BCUT2D eigenvalue weighted by atomic mass is 16.5. The van der Waals surface area contributed by atoms with Crippen molar-refractivity contribution in [3.63, 3.8) is 0 Å². The lowest BCUT2D eigenvalue weighted by Gasteiger charge is -2.14. The molecule has 1 aromatic heterocycles. The number of fused-ring (bicyclic) bond motifs is 1. The molecule has 0 fully saturated rings. The third-order valence-corrected chi connectivity index (χ3v) is 4.22. The average Bonchev–Trinajstić information content (AvgIpc) is 3.10. The van der Waals surface area contributed by atoms with E-state index in [4.69, 9.17) is 13.9 Å². The van der Waals surface area contributed by atoms with Gasteiger partial charge in [-0.2, -0.15) is 0 Å². The highest BCUT2D eigenvalue weighted by Gasteiger charge is 2.16. The first-order valence-corrected chi connectivity index (χ1v) is 8.66. The highest BCUT2D eigenvalue weighted by Crippen LogP contribution is 2.25. The largest absolute Gasteiger partial charge is 0.496 e. The van der Waals surface area contributed by atoms with Crippen molar-refractivity contribution in [3.05, 3.63) is 65.4 Å². The van der Waals surface area contributed by atoms with Crippen molar-refractivity contribution in [2.75, 3.05) is 13.7 Å². The number of hydrogen-bond donors (Lipinski definition) is 1. The third kappa shape index (κ3) is 3.89. The molecule has 0 aliphatic heterocycles. The summed E-state index contributed by atoms with van der Waals surface area (Å²) >= 11 is 0. The van der Waals surface area contributed by atoms with Gasteiger partial charge >= 0.3 is 0 Å². The second-order valence-electron chi connectivity index (χ2n) is 6.05. The maximum absolute atomic E-state index is 12.6. The number of rotatable bonds is 7. The molecule has 26 heavy (non-hydrogen) atoms. The lowest BCUT2D eigenvalue weighted by Crippen LogP contribution is -2.26. The van der Waals surface area contributed by atoms with E-state index in [1.807, 2.05) is 44.2 Å². The molecule has 2 aromatic carbocycles. The predicted octanol–water partition coefficient (Wildman–Crippen LogP) is 4.47. The maximum atomic E-state index is 12.6. The first-order valence-electron chi connectivity index (χ1n) is 8.66. The lowest BCUT2D eigenvalue weighted by molar-refractivity contribution is 0.0935. The Morgan fingerprint density at radius 1 is 1.19 bits per heavy atom. The lowest BCUT2D eigenvalue weighted by atomic mass is 10.1. The molecule has 1 atom stereocenters. The van der Waals surface area contributed by atoms with Crippen LogP contribution in [-0.4, -0.2) is 19.6 Å². The van der Waals surface area contributed by atoms with Gasteiger partial charge in [-0.25, -0.2) is 0 Å². The van der Waals surface area contributed by atoms with Crippen molar-refractivity contribution >= 4 is 16.9 Å². The van der Waals surface area contributed by atoms with Crippen molar-refractivity contribution in [2.45, 2.75) is 26.5 Å². The van der Waals surface area contributed by atoms with Crippen LogP contribution in [0.25, 0.3) is 11.0 Å². The minimum absolute atomic E-state index is 0.168. The molecule has 3 aromatic rings. The number of carbonyl (C=O) groups is 1. The standard InChI is InChI=1S/C21H23NO4/c1-4-25-13-17-11-16(9-10-18(17)24-3)21(23)22-14(2)20-12-15-7-5-6-8-19(15)26-20/h5-12,14H,4,13H2,1-3H3,(H,22,23)/t14-/m0/s1. The Balaban J connectivity index is 1.76. The Bertz CT molecular complexity index is 867. The van der Waals surface area contributed by atoms with Crippen LogP contribution in [-0.2, 0) is 11.3 Å². The molecule has 1 N–H and O–H groups in total. The summed E-state index contributed by atoms with van der Waals surface area (Å²) in [5, 5.41) is 4.00. The molecule has 0 bridgehead atoms. The Labute approximate surface area is 152 Å². The number of methoxy groups -OCH3 is 1. The summed E-state index contributed by atoms with van der Waals surface area (Å²) in [5.74, 6) is 1.27. The fourth-order valence-corrected chi connectivity index (χ4v) is 2.81. The van der Waals surface area contributed by atoms with Crippen molar-refractivity contribution in [3.8, 4) is 5.75 Å². The molecule has 136 valence electrons. The molecule has 0 saturated heterocycles. The van der Waals surface area contributed by atoms with Gasteiger partial charge in [0.05, 0.1) is 19.8 Å². The van der Waals surface area contributed by atoms with Crippen LogP contribution in [0.2, 0.25) is 0 Å². The molecule has 3 rings (SSSR count). The Kier molecular flexibility index (Phi) is 5.58. The van der Waals surface area contributed by atoms with Gasteiger partial charge in [-0.15, -0.1) is 0 Å². The molecule has 1 amide bonds. The summed E-state index contributed by atoms with van der Waals surface area (Å²) in [4.78, 5) is 12.6. The number of nitrogens with one attached hydrogen (secondary N) is 1. The van der Waals surface area contributed by atoms with E-state index in [9.17, 15) is 4.79 Å². The van der Waals surface area contributed by atoms with E-state index < -0.39 is 0 Å². The number of para-hydroxylation sites is 1. The number of furan rings is 1. The molecule has 0 radical (unpaired) electrons. The highest BCUT2D eigenvalue weighted by molar-refractivity contribution is 5.95. The van der Waals surface area contributed by atoms with Gasteiger partial charge in [-0.05, 0) is 44.2 Å². The molecule has 0 spiro atoms. The molecule has 5 heteroatoms. The normalized spacial score (nSPS) is 12.1. The molecule has 0 unspecified atom stereocenters. The van der Waals surface area contributed by atoms with Crippen LogP contribution in [0.4, 0.5) is 0 Å². The van der Waals surface area contributed by atoms with Crippen LogP contribution in [0, 0.1) is 0 Å². The van der Waals surface area contributed by atoms with Crippen LogP contribution in [0.1, 0.15) is 41.6 Å². The van der Waals surface area contributed by atoms with Crippen molar-refractivity contribution in [1.82, 2.24) is 5.32 Å². The van der Waals surface area contributed by atoms with Crippen molar-refractivity contribution in [2.24, 2.45) is 0 Å². The molecule has 0 aliphatic rings. The first-order chi connectivity index (χ1) is 12.6. The Hall–Kier alpha value is -2.79. The smallest absolute Gasteiger partial charge is 0.251 e. The summed E-state index contributed by atoms with van der Waals surface area (Å²) in [7, 11) is 1.61. The summed E-state index contributed by atoms with van der Waals surface area (Å²) in [6.07, 6.45) is 0. The predicted molar refractivity (Wildman–Crippen MR) is 100 cm³/mol. The van der Waals surface area contributed by atoms with Crippen LogP contribution in [0.15, 0.2) is 52.9 Å². The quantitative estimate of drug-likeness (QED) is 0.681. The fourth-order valence-electron chi connectivity index (χ4n) is 2.81. The van der Waals surface area contributed by atoms with Crippen molar-refractivity contribution < 1.29 is 18.7 Å². The molecular formula is C21H23NO4. The first kappa shape index (κ1) is 18.0. The third-order valence-electron chi connectivity index (χ3n) is 4.22. The zero-order valence-electron chi connectivity index (χ0n) is 15.2. The van der Waals surface area contributed by atoms with Crippen LogP contribution in [0.5, 0.6) is 5.75 Å². The van der Waals surface area contributed by atoms with Gasteiger partial charge in [0.1, 0.15) is 17.1 Å². The van der Waals surface area contributed by atoms with Gasteiger partial charge in [0, 0.05) is 23.1 Å². The molecule has 5 nitrogen and oxygen atoms in total. The minimum atomic E-state index is -0.243. The van der Waals surface area contributed by atoms with Crippen LogP contribution >= 0.6 is 0 Å². The van der Waals surface area contributed by atoms with Gasteiger partial charge in [-0.1, -0.05) is 18.2 Å². The molecule has 0 aliphatic carbocycles. The van der Waals surface area contributed by atoms with E-state index >= 15 is 0 Å². The van der Waals surface area contributed by atoms with E-state index in [0.29, 0.717) is 24.5 Å². The van der Waals surface area contributed by atoms with E-state index in [1.165, 1.54) is 0 Å². The van der Waals surface area contributed by atoms with Gasteiger partial charge in [-0.3, -0.25) is 4.79 Å². The summed E-state index contributed by atoms with van der Waals surface area (Å²) < 4.78 is 16.6. The maximum Gasteiger partial charge on any atom is 0.251 e. The second kappa shape index (κ2) is 8.06. The van der Waals surface area contributed by atoms with E-state index in [-0.39, 0.29) is 11.9 Å². The fraction of sp³-hybridized carbons (Fsp3) is 0.286. The summed E-state index contributed by atoms with van der Waals surface area (Å²) in [6.45, 7) is 4.83. The van der Waals surface area contributed by atoms with Gasteiger partial charge in [0.25, 0.3) is 5.91 Å². The number of amides is 1. The van der Waals surface area contributed by atoms with Gasteiger partial charge < -0.3 is 19.2 Å². The number of carbonyl (C=O) groups excluding carboxylic acids is 1. The van der Waals surface area contributed by atoms with Crippen LogP contribution in [0.3, 0.4) is 0 Å². The topological polar surface area (TPSA) is 60.7 Å². The Morgan fingerprint density at radius 2 is 2.00 bits per heavy atom. The molecule has 0 saturated carbocycles. The summed E-state index contributed by atoms with van der Waals surface area (Å²) in [5.41, 5.74) is 2.22. The van der Waals surface area contributed by atoms with Crippen LogP contribution < -0.4 is 10.1 Å². The van der Waals surface area contributed by atoms with Gasteiger partial charge in [0.15, 0.2) is 0 Å².